The number of nitrogens with zero attached hydrogens (tertiary/aromatic N) is 1. The number of rotatable bonds is 4. The summed E-state index contributed by atoms with van der Waals surface area (Å²) in [5.74, 6) is -7.06. The summed E-state index contributed by atoms with van der Waals surface area (Å²) in [4.78, 5) is 26.1. The predicted molar refractivity (Wildman–Crippen MR) is 91.6 cm³/mol. The maximum Gasteiger partial charge on any atom is 0.227 e. The highest BCUT2D eigenvalue weighted by Crippen LogP contribution is 2.34. The van der Waals surface area contributed by atoms with E-state index in [1.165, 1.54) is 11.8 Å². The van der Waals surface area contributed by atoms with Gasteiger partial charge in [-0.05, 0) is 24.6 Å². The first kappa shape index (κ1) is 19.9. The zero-order valence-corrected chi connectivity index (χ0v) is 15.0. The molecule has 1 aromatic heterocycles. The van der Waals surface area contributed by atoms with Gasteiger partial charge in [0.05, 0.1) is 19.1 Å². The van der Waals surface area contributed by atoms with Crippen LogP contribution in [0.15, 0.2) is 27.4 Å². The summed E-state index contributed by atoms with van der Waals surface area (Å²) >= 11 is 0. The summed E-state index contributed by atoms with van der Waals surface area (Å²) in [5.41, 5.74) is -0.896. The summed E-state index contributed by atoms with van der Waals surface area (Å²) in [7, 11) is 0. The highest BCUT2D eigenvalue weighted by atomic mass is 19.2. The second-order valence-electron chi connectivity index (χ2n) is 6.48. The van der Waals surface area contributed by atoms with Crippen LogP contribution < -0.4 is 5.43 Å². The SMILES string of the molecule is Cc1cc(=O)c(O)c([C@H](CC(=O)N2CCOCC2)c2cc(F)c(F)c(F)c2)o1. The minimum atomic E-state index is -1.66. The van der Waals surface area contributed by atoms with Gasteiger partial charge in [-0.2, -0.15) is 0 Å². The average Bonchev–Trinajstić information content (AvgIpc) is 2.67. The molecule has 0 saturated carbocycles. The van der Waals surface area contributed by atoms with E-state index >= 15 is 0 Å². The molecule has 1 saturated heterocycles. The van der Waals surface area contributed by atoms with E-state index in [0.717, 1.165) is 18.2 Å². The maximum absolute atomic E-state index is 13.8. The molecule has 1 aliphatic heterocycles. The van der Waals surface area contributed by atoms with Gasteiger partial charge in [-0.15, -0.1) is 0 Å². The van der Waals surface area contributed by atoms with Gasteiger partial charge in [0.15, 0.2) is 23.2 Å². The number of ether oxygens (including phenoxy) is 1. The summed E-state index contributed by atoms with van der Waals surface area (Å²) in [6, 6.07) is 2.49. The van der Waals surface area contributed by atoms with Crippen LogP contribution in [0.2, 0.25) is 0 Å². The van der Waals surface area contributed by atoms with E-state index in [-0.39, 0.29) is 29.4 Å². The van der Waals surface area contributed by atoms with Crippen molar-refractivity contribution in [2.24, 2.45) is 0 Å². The van der Waals surface area contributed by atoms with E-state index in [1.807, 2.05) is 0 Å². The van der Waals surface area contributed by atoms with Crippen LogP contribution in [0.1, 0.15) is 29.4 Å². The van der Waals surface area contributed by atoms with E-state index in [1.54, 1.807) is 0 Å². The molecule has 1 amide bonds. The van der Waals surface area contributed by atoms with Crippen molar-refractivity contribution < 1.29 is 32.2 Å². The second-order valence-corrected chi connectivity index (χ2v) is 6.48. The van der Waals surface area contributed by atoms with Crippen LogP contribution in [0.3, 0.4) is 0 Å². The van der Waals surface area contributed by atoms with Crippen molar-refractivity contribution in [1.82, 2.24) is 4.90 Å². The van der Waals surface area contributed by atoms with Crippen LogP contribution in [-0.2, 0) is 9.53 Å². The van der Waals surface area contributed by atoms with Crippen molar-refractivity contribution in [3.05, 3.63) is 63.0 Å². The smallest absolute Gasteiger partial charge is 0.227 e. The van der Waals surface area contributed by atoms with Crippen molar-refractivity contribution in [1.29, 1.82) is 0 Å². The Labute approximate surface area is 158 Å². The van der Waals surface area contributed by atoms with Gasteiger partial charge >= 0.3 is 0 Å². The third-order valence-electron chi connectivity index (χ3n) is 4.54. The molecule has 9 heteroatoms. The van der Waals surface area contributed by atoms with E-state index in [0.29, 0.717) is 26.3 Å². The van der Waals surface area contributed by atoms with Gasteiger partial charge < -0.3 is 19.2 Å². The van der Waals surface area contributed by atoms with Crippen LogP contribution >= 0.6 is 0 Å². The molecule has 0 bridgehead atoms. The molecule has 28 heavy (non-hydrogen) atoms. The van der Waals surface area contributed by atoms with Gasteiger partial charge in [0.2, 0.25) is 17.1 Å². The normalized spacial score (nSPS) is 15.5. The Morgan fingerprint density at radius 3 is 2.39 bits per heavy atom. The molecule has 6 nitrogen and oxygen atoms in total. The van der Waals surface area contributed by atoms with Crippen molar-refractivity contribution in [3.8, 4) is 5.75 Å². The molecule has 3 rings (SSSR count). The van der Waals surface area contributed by atoms with Crippen molar-refractivity contribution in [2.45, 2.75) is 19.3 Å². The molecule has 0 spiro atoms. The fourth-order valence-corrected chi connectivity index (χ4v) is 3.12. The zero-order valence-electron chi connectivity index (χ0n) is 15.0. The third kappa shape index (κ3) is 4.04. The largest absolute Gasteiger partial charge is 0.502 e. The molecule has 1 atom stereocenters. The number of aryl methyl sites for hydroxylation is 1. The minimum absolute atomic E-state index is 0.137. The number of halogens is 3. The number of hydrogen-bond donors (Lipinski definition) is 1. The quantitative estimate of drug-likeness (QED) is 0.802. The Hall–Kier alpha value is -2.81. The first-order valence-electron chi connectivity index (χ1n) is 8.61. The molecule has 0 aliphatic carbocycles. The monoisotopic (exact) mass is 397 g/mol. The average molecular weight is 397 g/mol. The van der Waals surface area contributed by atoms with Crippen molar-refractivity contribution >= 4 is 5.91 Å². The molecule has 0 unspecified atom stereocenters. The molecule has 2 heterocycles. The van der Waals surface area contributed by atoms with E-state index in [4.69, 9.17) is 9.15 Å². The minimum Gasteiger partial charge on any atom is -0.502 e. The van der Waals surface area contributed by atoms with Crippen LogP contribution in [0.5, 0.6) is 5.75 Å². The van der Waals surface area contributed by atoms with Gasteiger partial charge in [-0.3, -0.25) is 9.59 Å². The lowest BCUT2D eigenvalue weighted by atomic mass is 9.91. The zero-order chi connectivity index (χ0) is 20.4. The van der Waals surface area contributed by atoms with Gasteiger partial charge in [0.25, 0.3) is 0 Å². The molecule has 1 aliphatic rings. The first-order valence-corrected chi connectivity index (χ1v) is 8.61. The number of hydrogen-bond acceptors (Lipinski definition) is 5. The van der Waals surface area contributed by atoms with Crippen molar-refractivity contribution in [3.63, 3.8) is 0 Å². The molecule has 0 radical (unpaired) electrons. The highest BCUT2D eigenvalue weighted by molar-refractivity contribution is 5.78. The number of benzene rings is 1. The van der Waals surface area contributed by atoms with Gasteiger partial charge in [0, 0.05) is 25.6 Å². The molecule has 1 aromatic carbocycles. The molecule has 2 aromatic rings. The number of carbonyl (C=O) groups excluding carboxylic acids is 1. The van der Waals surface area contributed by atoms with Crippen LogP contribution in [0, 0.1) is 24.4 Å². The predicted octanol–water partition coefficient (Wildman–Crippen LogP) is 2.45. The summed E-state index contributed by atoms with van der Waals surface area (Å²) in [6.45, 7) is 2.82. The summed E-state index contributed by atoms with van der Waals surface area (Å²) in [5, 5.41) is 10.2. The summed E-state index contributed by atoms with van der Waals surface area (Å²) in [6.07, 6.45) is -0.343. The van der Waals surface area contributed by atoms with Gasteiger partial charge in [-0.1, -0.05) is 0 Å². The van der Waals surface area contributed by atoms with E-state index in [9.17, 15) is 27.9 Å². The fraction of sp³-hybridized carbons (Fsp3) is 0.368. The second kappa shape index (κ2) is 8.05. The van der Waals surface area contributed by atoms with Crippen molar-refractivity contribution in [2.75, 3.05) is 26.3 Å². The molecule has 1 fully saturated rings. The number of aromatic hydroxyl groups is 1. The lowest BCUT2D eigenvalue weighted by Crippen LogP contribution is -2.41. The van der Waals surface area contributed by atoms with Crippen LogP contribution in [-0.4, -0.2) is 42.2 Å². The molecule has 150 valence electrons. The van der Waals surface area contributed by atoms with Gasteiger partial charge in [-0.25, -0.2) is 13.2 Å². The molecular formula is C19H18F3NO5. The third-order valence-corrected chi connectivity index (χ3v) is 4.54. The molecular weight excluding hydrogens is 379 g/mol. The highest BCUT2D eigenvalue weighted by Gasteiger charge is 2.30. The standard InChI is InChI=1S/C19H18F3NO5/c1-10-6-15(24)18(26)19(28-10)12(9-16(25)23-2-4-27-5-3-23)11-7-13(20)17(22)14(21)8-11/h6-8,12,26H,2-5,9H2,1H3/t12-/m1/s1. The Balaban J connectivity index is 2.06. The molecule has 1 N–H and O–H groups in total. The van der Waals surface area contributed by atoms with Crippen LogP contribution in [0.4, 0.5) is 13.2 Å². The van der Waals surface area contributed by atoms with E-state index in [2.05, 4.69) is 0 Å². The number of carbonyl (C=O) groups is 1. The maximum atomic E-state index is 13.8. The number of amides is 1. The first-order chi connectivity index (χ1) is 13.3. The lowest BCUT2D eigenvalue weighted by Gasteiger charge is -2.28. The topological polar surface area (TPSA) is 80.0 Å². The Bertz CT molecular complexity index is 930. The summed E-state index contributed by atoms with van der Waals surface area (Å²) < 4.78 is 51.6. The van der Waals surface area contributed by atoms with Gasteiger partial charge in [0.1, 0.15) is 5.76 Å². The Morgan fingerprint density at radius 2 is 1.79 bits per heavy atom. The lowest BCUT2D eigenvalue weighted by molar-refractivity contribution is -0.135. The fourth-order valence-electron chi connectivity index (χ4n) is 3.12. The van der Waals surface area contributed by atoms with E-state index < -0.39 is 34.5 Å². The van der Waals surface area contributed by atoms with Crippen LogP contribution in [0.25, 0.3) is 0 Å². The number of morpholine rings is 1. The Kier molecular flexibility index (Phi) is 5.73. The Morgan fingerprint density at radius 1 is 1.18 bits per heavy atom.